The molecule has 0 amide bonds. The molecule has 8 nitrogen and oxygen atoms in total. The number of carbonyl (C=O) groups excluding carboxylic acids is 3. The molecule has 1 saturated carbocycles. The summed E-state index contributed by atoms with van der Waals surface area (Å²) in [5.74, 6) is -1.08. The van der Waals surface area contributed by atoms with Crippen LogP contribution in [-0.2, 0) is 33.3 Å². The quantitative estimate of drug-likeness (QED) is 0.402. The van der Waals surface area contributed by atoms with E-state index in [1.165, 1.54) is 0 Å². The summed E-state index contributed by atoms with van der Waals surface area (Å²) in [7, 11) is 0. The van der Waals surface area contributed by atoms with Gasteiger partial charge in [0, 0.05) is 12.8 Å². The molecular formula is C17H22O8. The van der Waals surface area contributed by atoms with E-state index in [9.17, 15) is 14.4 Å². The van der Waals surface area contributed by atoms with Gasteiger partial charge in [-0.1, -0.05) is 20.4 Å². The molecule has 2 bridgehead atoms. The molecule has 25 heavy (non-hydrogen) atoms. The SMILES string of the molecule is C=C(COC(C)C(C)C)C(=O)OC12CC3OC(=O)OC3C(C1)OC2=O. The van der Waals surface area contributed by atoms with Crippen LogP contribution >= 0.6 is 0 Å². The number of fused-ring (bicyclic) bond motifs is 4. The average molecular weight is 354 g/mol. The van der Waals surface area contributed by atoms with Crippen LogP contribution in [0.25, 0.3) is 0 Å². The fourth-order valence-electron chi connectivity index (χ4n) is 3.11. The first kappa shape index (κ1) is 17.7. The number of esters is 2. The van der Waals surface area contributed by atoms with Crippen LogP contribution in [0.4, 0.5) is 4.79 Å². The van der Waals surface area contributed by atoms with Crippen LogP contribution in [0.3, 0.4) is 0 Å². The van der Waals surface area contributed by atoms with E-state index in [-0.39, 0.29) is 31.1 Å². The highest BCUT2D eigenvalue weighted by molar-refractivity contribution is 5.92. The Morgan fingerprint density at radius 2 is 1.84 bits per heavy atom. The lowest BCUT2D eigenvalue weighted by atomic mass is 9.82. The second-order valence-corrected chi connectivity index (χ2v) is 7.09. The van der Waals surface area contributed by atoms with Crippen molar-refractivity contribution in [2.75, 3.05) is 6.61 Å². The van der Waals surface area contributed by atoms with E-state index in [2.05, 4.69) is 6.58 Å². The van der Waals surface area contributed by atoms with Gasteiger partial charge in [0.25, 0.3) is 0 Å². The van der Waals surface area contributed by atoms with Crippen LogP contribution in [-0.4, -0.2) is 54.7 Å². The molecule has 138 valence electrons. The van der Waals surface area contributed by atoms with E-state index < -0.39 is 42.0 Å². The average Bonchev–Trinajstić information content (AvgIpc) is 3.03. The van der Waals surface area contributed by atoms with Gasteiger partial charge in [-0.25, -0.2) is 14.4 Å². The van der Waals surface area contributed by atoms with E-state index in [0.29, 0.717) is 5.92 Å². The van der Waals surface area contributed by atoms with Gasteiger partial charge >= 0.3 is 18.1 Å². The zero-order chi connectivity index (χ0) is 18.4. The Hall–Kier alpha value is -2.09. The molecule has 1 aliphatic carbocycles. The third-order valence-corrected chi connectivity index (χ3v) is 4.94. The van der Waals surface area contributed by atoms with Gasteiger partial charge in [0.15, 0.2) is 12.2 Å². The van der Waals surface area contributed by atoms with Gasteiger partial charge in [0.1, 0.15) is 6.10 Å². The van der Waals surface area contributed by atoms with Crippen LogP contribution in [0.15, 0.2) is 12.2 Å². The van der Waals surface area contributed by atoms with Crippen molar-refractivity contribution in [3.63, 3.8) is 0 Å². The molecule has 2 heterocycles. The van der Waals surface area contributed by atoms with E-state index in [1.807, 2.05) is 20.8 Å². The number of hydrogen-bond acceptors (Lipinski definition) is 8. The summed E-state index contributed by atoms with van der Waals surface area (Å²) in [6.45, 7) is 9.59. The fraction of sp³-hybridized carbons (Fsp3) is 0.706. The molecule has 3 rings (SSSR count). The second kappa shape index (κ2) is 6.33. The number of ether oxygens (including phenoxy) is 5. The molecule has 5 atom stereocenters. The molecule has 3 aliphatic rings. The molecule has 0 radical (unpaired) electrons. The maximum atomic E-state index is 12.3. The largest absolute Gasteiger partial charge is 0.509 e. The van der Waals surface area contributed by atoms with Crippen LogP contribution < -0.4 is 0 Å². The highest BCUT2D eigenvalue weighted by Gasteiger charge is 2.65. The molecule has 0 spiro atoms. The normalized spacial score (nSPS) is 34.0. The molecule has 0 aromatic rings. The minimum atomic E-state index is -1.47. The van der Waals surface area contributed by atoms with Crippen molar-refractivity contribution in [3.05, 3.63) is 12.2 Å². The Labute approximate surface area is 145 Å². The summed E-state index contributed by atoms with van der Waals surface area (Å²) in [6.07, 6.45) is -2.70. The third kappa shape index (κ3) is 3.22. The summed E-state index contributed by atoms with van der Waals surface area (Å²) in [5, 5.41) is 0. The van der Waals surface area contributed by atoms with Crippen LogP contribution in [0.2, 0.25) is 0 Å². The minimum Gasteiger partial charge on any atom is -0.455 e. The van der Waals surface area contributed by atoms with E-state index in [4.69, 9.17) is 23.7 Å². The molecule has 0 N–H and O–H groups in total. The topological polar surface area (TPSA) is 97.4 Å². The number of hydrogen-bond donors (Lipinski definition) is 0. The molecular weight excluding hydrogens is 332 g/mol. The first-order chi connectivity index (χ1) is 11.7. The van der Waals surface area contributed by atoms with Gasteiger partial charge in [-0.15, -0.1) is 0 Å². The molecule has 2 aliphatic heterocycles. The van der Waals surface area contributed by atoms with Crippen molar-refractivity contribution in [2.24, 2.45) is 5.92 Å². The molecule has 3 fully saturated rings. The summed E-state index contributed by atoms with van der Waals surface area (Å²) in [4.78, 5) is 35.9. The maximum absolute atomic E-state index is 12.3. The standard InChI is InChI=1S/C17H22O8/c1-8(2)10(4)21-7-9(3)14(18)25-17-5-11(22-15(17)19)13-12(6-17)23-16(20)24-13/h8,10-13H,3,5-7H2,1-2,4H3. The highest BCUT2D eigenvalue weighted by Crippen LogP contribution is 2.45. The van der Waals surface area contributed by atoms with Gasteiger partial charge in [-0.3, -0.25) is 0 Å². The summed E-state index contributed by atoms with van der Waals surface area (Å²) in [6, 6.07) is 0. The zero-order valence-electron chi connectivity index (χ0n) is 14.5. The van der Waals surface area contributed by atoms with E-state index in [1.54, 1.807) is 0 Å². The van der Waals surface area contributed by atoms with Crippen LogP contribution in [0.5, 0.6) is 0 Å². The van der Waals surface area contributed by atoms with Gasteiger partial charge in [0.05, 0.1) is 18.3 Å². The predicted molar refractivity (Wildman–Crippen MR) is 82.5 cm³/mol. The first-order valence-corrected chi connectivity index (χ1v) is 8.33. The molecule has 5 unspecified atom stereocenters. The Kier molecular flexibility index (Phi) is 4.49. The Morgan fingerprint density at radius 3 is 2.48 bits per heavy atom. The highest BCUT2D eigenvalue weighted by atomic mass is 16.8. The maximum Gasteiger partial charge on any atom is 0.509 e. The summed E-state index contributed by atoms with van der Waals surface area (Å²) >= 11 is 0. The van der Waals surface area contributed by atoms with Crippen molar-refractivity contribution in [3.8, 4) is 0 Å². The molecule has 0 aromatic carbocycles. The minimum absolute atomic E-state index is 0.0108. The number of carbonyl (C=O) groups is 3. The molecule has 8 heteroatoms. The number of rotatable bonds is 6. The van der Waals surface area contributed by atoms with E-state index in [0.717, 1.165) is 0 Å². The van der Waals surface area contributed by atoms with Crippen molar-refractivity contribution in [1.82, 2.24) is 0 Å². The Balaban J connectivity index is 1.63. The van der Waals surface area contributed by atoms with Gasteiger partial charge < -0.3 is 23.7 Å². The Morgan fingerprint density at radius 1 is 1.20 bits per heavy atom. The van der Waals surface area contributed by atoms with Crippen molar-refractivity contribution < 1.29 is 38.1 Å². The lowest BCUT2D eigenvalue weighted by Crippen LogP contribution is -2.50. The predicted octanol–water partition coefficient (Wildman–Crippen LogP) is 1.51. The van der Waals surface area contributed by atoms with E-state index >= 15 is 0 Å². The van der Waals surface area contributed by atoms with Crippen molar-refractivity contribution in [1.29, 1.82) is 0 Å². The lowest BCUT2D eigenvalue weighted by molar-refractivity contribution is -0.172. The van der Waals surface area contributed by atoms with Crippen molar-refractivity contribution in [2.45, 2.75) is 63.6 Å². The van der Waals surface area contributed by atoms with Crippen molar-refractivity contribution >= 4 is 18.1 Å². The summed E-state index contributed by atoms with van der Waals surface area (Å²) in [5.41, 5.74) is -1.36. The van der Waals surface area contributed by atoms with Crippen LogP contribution in [0, 0.1) is 5.92 Å². The summed E-state index contributed by atoms with van der Waals surface area (Å²) < 4.78 is 26.3. The third-order valence-electron chi connectivity index (χ3n) is 4.94. The zero-order valence-corrected chi connectivity index (χ0v) is 14.5. The Bertz CT molecular complexity index is 610. The molecule has 2 saturated heterocycles. The smallest absolute Gasteiger partial charge is 0.455 e. The fourth-order valence-corrected chi connectivity index (χ4v) is 3.11. The second-order valence-electron chi connectivity index (χ2n) is 7.09. The van der Waals surface area contributed by atoms with Gasteiger partial charge in [0.2, 0.25) is 5.60 Å². The van der Waals surface area contributed by atoms with Gasteiger partial charge in [-0.2, -0.15) is 0 Å². The molecule has 0 aromatic heterocycles. The first-order valence-electron chi connectivity index (χ1n) is 8.33. The monoisotopic (exact) mass is 354 g/mol. The van der Waals surface area contributed by atoms with Gasteiger partial charge in [-0.05, 0) is 12.8 Å². The lowest BCUT2D eigenvalue weighted by Gasteiger charge is -2.32. The van der Waals surface area contributed by atoms with Crippen LogP contribution in [0.1, 0.15) is 33.6 Å².